The quantitative estimate of drug-likeness (QED) is 0.578. The number of nitrogens with two attached hydrogens (primary N) is 1. The molecule has 0 aromatic carbocycles. The molecule has 0 bridgehead atoms. The second-order valence-electron chi connectivity index (χ2n) is 4.25. The molecule has 2 heterocycles. The van der Waals surface area contributed by atoms with Gasteiger partial charge in [0.1, 0.15) is 12.1 Å². The van der Waals surface area contributed by atoms with Crippen LogP contribution in [0, 0.1) is 0 Å². The molecule has 2 fully saturated rings. The van der Waals surface area contributed by atoms with Crippen molar-refractivity contribution in [3.05, 3.63) is 0 Å². The molecule has 2 atom stereocenters. The lowest BCUT2D eigenvalue weighted by Crippen LogP contribution is -2.50. The summed E-state index contributed by atoms with van der Waals surface area (Å²) in [5, 5.41) is 2.61. The molecule has 0 spiro atoms. The molecular weight excluding hydrogens is 226 g/mol. The van der Waals surface area contributed by atoms with E-state index in [0.29, 0.717) is 25.8 Å². The van der Waals surface area contributed by atoms with Crippen LogP contribution in [0.2, 0.25) is 0 Å². The normalized spacial score (nSPS) is 27.5. The van der Waals surface area contributed by atoms with E-state index in [1.165, 1.54) is 4.90 Å². The standard InChI is InChI=1S/C10H15N3O3.H2O/c11-9(15)7-2-1-5-13(7)10(16)6-3-4-8(14)12-6;/h6-7H,1-5H2,(H2,11,15)(H,12,14);1H2/t6-,7-;/m0./s1. The van der Waals surface area contributed by atoms with Crippen molar-refractivity contribution in [3.8, 4) is 0 Å². The molecule has 0 radical (unpaired) electrons. The van der Waals surface area contributed by atoms with E-state index in [9.17, 15) is 14.4 Å². The van der Waals surface area contributed by atoms with Crippen LogP contribution in [0.15, 0.2) is 0 Å². The molecular formula is C10H17N3O4. The zero-order valence-electron chi connectivity index (χ0n) is 9.44. The number of primary amides is 1. The third-order valence-electron chi connectivity index (χ3n) is 3.16. The number of carbonyl (C=O) groups excluding carboxylic acids is 3. The molecule has 0 saturated carbocycles. The molecule has 3 amide bonds. The molecule has 0 aromatic rings. The minimum atomic E-state index is -0.495. The van der Waals surface area contributed by atoms with Gasteiger partial charge in [-0.05, 0) is 19.3 Å². The number of hydrogen-bond acceptors (Lipinski definition) is 3. The molecule has 17 heavy (non-hydrogen) atoms. The van der Waals surface area contributed by atoms with E-state index >= 15 is 0 Å². The first-order chi connectivity index (χ1) is 7.59. The first-order valence-corrected chi connectivity index (χ1v) is 5.49. The second kappa shape index (κ2) is 5.13. The lowest BCUT2D eigenvalue weighted by atomic mass is 10.1. The summed E-state index contributed by atoms with van der Waals surface area (Å²) in [7, 11) is 0. The van der Waals surface area contributed by atoms with Gasteiger partial charge in [0.25, 0.3) is 0 Å². The van der Waals surface area contributed by atoms with E-state index < -0.39 is 18.0 Å². The second-order valence-corrected chi connectivity index (χ2v) is 4.25. The monoisotopic (exact) mass is 243 g/mol. The van der Waals surface area contributed by atoms with Gasteiger partial charge >= 0.3 is 0 Å². The lowest BCUT2D eigenvalue weighted by Gasteiger charge is -2.25. The number of amides is 3. The molecule has 0 aromatic heterocycles. The SMILES string of the molecule is NC(=O)[C@@H]1CCCN1C(=O)[C@@H]1CCC(=O)N1.O. The molecule has 7 heteroatoms. The maximum absolute atomic E-state index is 12.0. The van der Waals surface area contributed by atoms with Gasteiger partial charge in [-0.1, -0.05) is 0 Å². The fourth-order valence-corrected chi connectivity index (χ4v) is 2.33. The molecule has 2 aliphatic rings. The molecule has 2 aliphatic heterocycles. The van der Waals surface area contributed by atoms with E-state index in [1.807, 2.05) is 0 Å². The Morgan fingerprint density at radius 3 is 2.59 bits per heavy atom. The van der Waals surface area contributed by atoms with Gasteiger partial charge in [0, 0.05) is 13.0 Å². The van der Waals surface area contributed by atoms with Gasteiger partial charge in [-0.15, -0.1) is 0 Å². The maximum Gasteiger partial charge on any atom is 0.245 e. The molecule has 5 N–H and O–H groups in total. The van der Waals surface area contributed by atoms with Crippen molar-refractivity contribution in [2.75, 3.05) is 6.54 Å². The number of rotatable bonds is 2. The van der Waals surface area contributed by atoms with Gasteiger partial charge in [-0.25, -0.2) is 0 Å². The van der Waals surface area contributed by atoms with Crippen LogP contribution in [0.1, 0.15) is 25.7 Å². The number of carbonyl (C=O) groups is 3. The number of nitrogens with one attached hydrogen (secondary N) is 1. The minimum Gasteiger partial charge on any atom is -0.412 e. The average Bonchev–Trinajstić information content (AvgIpc) is 2.84. The Balaban J connectivity index is 0.00000144. The van der Waals surface area contributed by atoms with Crippen LogP contribution in [0.4, 0.5) is 0 Å². The maximum atomic E-state index is 12.0. The van der Waals surface area contributed by atoms with Crippen LogP contribution in [-0.4, -0.2) is 46.7 Å². The Kier molecular flexibility index (Phi) is 4.06. The number of likely N-dealkylation sites (tertiary alicyclic amines) is 1. The summed E-state index contributed by atoms with van der Waals surface area (Å²) < 4.78 is 0. The topological polar surface area (TPSA) is 124 Å². The smallest absolute Gasteiger partial charge is 0.245 e. The fraction of sp³-hybridized carbons (Fsp3) is 0.700. The molecule has 7 nitrogen and oxygen atoms in total. The largest absolute Gasteiger partial charge is 0.412 e. The third kappa shape index (κ3) is 2.55. The Morgan fingerprint density at radius 1 is 1.35 bits per heavy atom. The number of nitrogens with zero attached hydrogens (tertiary/aromatic N) is 1. The zero-order valence-corrected chi connectivity index (χ0v) is 9.44. The Bertz CT molecular complexity index is 344. The first-order valence-electron chi connectivity index (χ1n) is 5.49. The van der Waals surface area contributed by atoms with Crippen molar-refractivity contribution in [1.82, 2.24) is 10.2 Å². The van der Waals surface area contributed by atoms with E-state index in [2.05, 4.69) is 5.32 Å². The van der Waals surface area contributed by atoms with Crippen molar-refractivity contribution in [2.24, 2.45) is 5.73 Å². The average molecular weight is 243 g/mol. The molecule has 2 saturated heterocycles. The highest BCUT2D eigenvalue weighted by molar-refractivity contribution is 5.94. The summed E-state index contributed by atoms with van der Waals surface area (Å²) in [6, 6.07) is -0.961. The predicted octanol–water partition coefficient (Wildman–Crippen LogP) is -2.08. The summed E-state index contributed by atoms with van der Waals surface area (Å²) >= 11 is 0. The van der Waals surface area contributed by atoms with E-state index in [4.69, 9.17) is 5.73 Å². The summed E-state index contributed by atoms with van der Waals surface area (Å²) in [5.74, 6) is -0.740. The fourth-order valence-electron chi connectivity index (χ4n) is 2.33. The van der Waals surface area contributed by atoms with E-state index in [0.717, 1.165) is 6.42 Å². The molecule has 0 aliphatic carbocycles. The van der Waals surface area contributed by atoms with Gasteiger partial charge in [0.05, 0.1) is 0 Å². The van der Waals surface area contributed by atoms with Crippen LogP contribution in [0.3, 0.4) is 0 Å². The van der Waals surface area contributed by atoms with Crippen LogP contribution in [-0.2, 0) is 14.4 Å². The van der Waals surface area contributed by atoms with Crippen LogP contribution >= 0.6 is 0 Å². The van der Waals surface area contributed by atoms with Gasteiger partial charge in [0.15, 0.2) is 0 Å². The van der Waals surface area contributed by atoms with Crippen LogP contribution in [0.5, 0.6) is 0 Å². The van der Waals surface area contributed by atoms with Crippen LogP contribution < -0.4 is 11.1 Å². The first kappa shape index (κ1) is 13.4. The number of hydrogen-bond donors (Lipinski definition) is 2. The lowest BCUT2D eigenvalue weighted by molar-refractivity contribution is -0.139. The molecule has 2 rings (SSSR count). The van der Waals surface area contributed by atoms with Crippen molar-refractivity contribution in [3.63, 3.8) is 0 Å². The molecule has 96 valence electrons. The highest BCUT2D eigenvalue weighted by Gasteiger charge is 2.38. The Labute approximate surface area is 98.6 Å². The van der Waals surface area contributed by atoms with Crippen molar-refractivity contribution in [2.45, 2.75) is 37.8 Å². The summed E-state index contributed by atoms with van der Waals surface area (Å²) in [6.07, 6.45) is 2.31. The van der Waals surface area contributed by atoms with Crippen molar-refractivity contribution >= 4 is 17.7 Å². The van der Waals surface area contributed by atoms with E-state index in [1.54, 1.807) is 0 Å². The third-order valence-corrected chi connectivity index (χ3v) is 3.16. The van der Waals surface area contributed by atoms with E-state index in [-0.39, 0.29) is 17.3 Å². The summed E-state index contributed by atoms with van der Waals surface area (Å²) in [4.78, 5) is 35.7. The Morgan fingerprint density at radius 2 is 2.06 bits per heavy atom. The highest BCUT2D eigenvalue weighted by Crippen LogP contribution is 2.20. The summed E-state index contributed by atoms with van der Waals surface area (Å²) in [6.45, 7) is 0.554. The zero-order chi connectivity index (χ0) is 11.7. The minimum absolute atomic E-state index is 0. The van der Waals surface area contributed by atoms with Crippen LogP contribution in [0.25, 0.3) is 0 Å². The van der Waals surface area contributed by atoms with Crippen molar-refractivity contribution in [1.29, 1.82) is 0 Å². The van der Waals surface area contributed by atoms with Gasteiger partial charge in [0.2, 0.25) is 17.7 Å². The summed E-state index contributed by atoms with van der Waals surface area (Å²) in [5.41, 5.74) is 5.23. The van der Waals surface area contributed by atoms with Gasteiger partial charge in [-0.2, -0.15) is 0 Å². The van der Waals surface area contributed by atoms with Crippen molar-refractivity contribution < 1.29 is 19.9 Å². The predicted molar refractivity (Wildman–Crippen MR) is 58.7 cm³/mol. The van der Waals surface area contributed by atoms with Gasteiger partial charge < -0.3 is 21.4 Å². The Hall–Kier alpha value is -1.63. The molecule has 0 unspecified atom stereocenters. The highest BCUT2D eigenvalue weighted by atomic mass is 16.2. The van der Waals surface area contributed by atoms with Gasteiger partial charge in [-0.3, -0.25) is 14.4 Å².